The molecule has 0 bridgehead atoms. The fourth-order valence-corrected chi connectivity index (χ4v) is 2.04. The van der Waals surface area contributed by atoms with E-state index in [0.717, 1.165) is 0 Å². The molecule has 0 amide bonds. The highest BCUT2D eigenvalue weighted by molar-refractivity contribution is 6.84. The number of nitrogens with two attached hydrogens (primary N) is 1. The predicted molar refractivity (Wildman–Crippen MR) is 69.4 cm³/mol. The third-order valence-corrected chi connectivity index (χ3v) is 4.58. The van der Waals surface area contributed by atoms with Crippen LogP contribution in [0, 0.1) is 0 Å². The average Bonchev–Trinajstić information content (AvgIpc) is 2.30. The van der Waals surface area contributed by atoms with Gasteiger partial charge in [0.05, 0.1) is 0 Å². The molecular formula is C12H23NOSi. The van der Waals surface area contributed by atoms with Crippen LogP contribution in [-0.4, -0.2) is 8.32 Å². The molecule has 2 N–H and O–H groups in total. The summed E-state index contributed by atoms with van der Waals surface area (Å²) < 4.78 is 4.96. The van der Waals surface area contributed by atoms with Gasteiger partial charge in [-0.05, 0) is 18.3 Å². The van der Waals surface area contributed by atoms with E-state index in [9.17, 15) is 0 Å². The largest absolute Gasteiger partial charge is 0.343 e. The van der Waals surface area contributed by atoms with Crippen LogP contribution < -0.4 is 11.1 Å². The van der Waals surface area contributed by atoms with Crippen molar-refractivity contribution in [2.45, 2.75) is 39.8 Å². The number of hydrogen-bond donors (Lipinski definition) is 1. The Kier molecular flexibility index (Phi) is 7.30. The molecule has 0 heterocycles. The standard InChI is InChI=1S/C8H13NOSi.C4H10/c1-11(2,10-9)8-6-4-3-5-7-8;1-3-4-2/h3-7H,9H2,1-2H3;3-4H2,1-2H3. The Morgan fingerprint density at radius 2 is 1.53 bits per heavy atom. The zero-order chi connectivity index (χ0) is 11.7. The highest BCUT2D eigenvalue weighted by atomic mass is 28.4. The van der Waals surface area contributed by atoms with Gasteiger partial charge in [-0.2, -0.15) is 0 Å². The van der Waals surface area contributed by atoms with Crippen molar-refractivity contribution in [1.29, 1.82) is 0 Å². The fraction of sp³-hybridized carbons (Fsp3) is 0.500. The lowest BCUT2D eigenvalue weighted by atomic mass is 10.4. The highest BCUT2D eigenvalue weighted by Crippen LogP contribution is 2.00. The molecule has 0 aromatic heterocycles. The number of unbranched alkanes of at least 4 members (excludes halogenated alkanes) is 1. The van der Waals surface area contributed by atoms with Crippen LogP contribution in [0.4, 0.5) is 0 Å². The summed E-state index contributed by atoms with van der Waals surface area (Å²) in [5.74, 6) is 5.20. The monoisotopic (exact) mass is 225 g/mol. The number of benzene rings is 1. The second-order valence-electron chi connectivity index (χ2n) is 3.99. The van der Waals surface area contributed by atoms with Crippen LogP contribution in [0.5, 0.6) is 0 Å². The molecular weight excluding hydrogens is 202 g/mol. The highest BCUT2D eigenvalue weighted by Gasteiger charge is 2.23. The van der Waals surface area contributed by atoms with Gasteiger partial charge in [-0.1, -0.05) is 57.0 Å². The fourth-order valence-electron chi connectivity index (χ4n) is 0.908. The minimum atomic E-state index is -1.78. The van der Waals surface area contributed by atoms with E-state index in [0.29, 0.717) is 0 Å². The maximum absolute atomic E-state index is 5.20. The Hall–Kier alpha value is -0.643. The van der Waals surface area contributed by atoms with Crippen LogP contribution in [0.1, 0.15) is 26.7 Å². The topological polar surface area (TPSA) is 35.2 Å². The lowest BCUT2D eigenvalue weighted by molar-refractivity contribution is 0.333. The number of rotatable bonds is 3. The summed E-state index contributed by atoms with van der Waals surface area (Å²) in [4.78, 5) is 0. The van der Waals surface area contributed by atoms with E-state index in [1.165, 1.54) is 18.0 Å². The third-order valence-electron chi connectivity index (χ3n) is 2.26. The van der Waals surface area contributed by atoms with Crippen LogP contribution in [0.2, 0.25) is 13.1 Å². The van der Waals surface area contributed by atoms with Gasteiger partial charge in [-0.15, -0.1) is 0 Å². The van der Waals surface area contributed by atoms with Crippen molar-refractivity contribution in [1.82, 2.24) is 0 Å². The summed E-state index contributed by atoms with van der Waals surface area (Å²) in [6.45, 7) is 8.50. The van der Waals surface area contributed by atoms with E-state index < -0.39 is 8.32 Å². The zero-order valence-electron chi connectivity index (χ0n) is 10.3. The SMILES string of the molecule is CCCC.C[Si](C)(ON)c1ccccc1. The first-order chi connectivity index (χ1) is 7.08. The van der Waals surface area contributed by atoms with Gasteiger partial charge in [0.2, 0.25) is 8.32 Å². The van der Waals surface area contributed by atoms with Crippen LogP contribution in [0.25, 0.3) is 0 Å². The van der Waals surface area contributed by atoms with Crippen LogP contribution in [-0.2, 0) is 4.53 Å². The average molecular weight is 225 g/mol. The van der Waals surface area contributed by atoms with E-state index in [1.54, 1.807) is 0 Å². The zero-order valence-corrected chi connectivity index (χ0v) is 11.3. The lowest BCUT2D eigenvalue weighted by Gasteiger charge is -2.18. The summed E-state index contributed by atoms with van der Waals surface area (Å²) >= 11 is 0. The third kappa shape index (κ3) is 5.72. The Balaban J connectivity index is 0.000000423. The van der Waals surface area contributed by atoms with Crippen molar-refractivity contribution >= 4 is 13.5 Å². The molecule has 0 unspecified atom stereocenters. The molecule has 0 radical (unpaired) electrons. The van der Waals surface area contributed by atoms with Gasteiger partial charge in [0, 0.05) is 0 Å². The van der Waals surface area contributed by atoms with Crippen molar-refractivity contribution in [2.24, 2.45) is 5.90 Å². The Labute approximate surface area is 94.5 Å². The van der Waals surface area contributed by atoms with E-state index in [2.05, 4.69) is 39.1 Å². The Morgan fingerprint density at radius 3 is 1.87 bits per heavy atom. The van der Waals surface area contributed by atoms with Crippen LogP contribution >= 0.6 is 0 Å². The van der Waals surface area contributed by atoms with E-state index in [1.807, 2.05) is 18.2 Å². The summed E-state index contributed by atoms with van der Waals surface area (Å²) in [5, 5.41) is 1.22. The first-order valence-electron chi connectivity index (χ1n) is 5.51. The van der Waals surface area contributed by atoms with Crippen molar-refractivity contribution < 1.29 is 4.53 Å². The normalized spacial score (nSPS) is 10.5. The number of hydrogen-bond acceptors (Lipinski definition) is 2. The van der Waals surface area contributed by atoms with Crippen molar-refractivity contribution in [3.63, 3.8) is 0 Å². The molecule has 0 saturated heterocycles. The minimum absolute atomic E-state index is 1.22. The quantitative estimate of drug-likeness (QED) is 0.634. The summed E-state index contributed by atoms with van der Waals surface area (Å²) in [6.07, 6.45) is 2.64. The molecule has 86 valence electrons. The van der Waals surface area contributed by atoms with Gasteiger partial charge in [0.25, 0.3) is 0 Å². The Morgan fingerprint density at radius 1 is 1.07 bits per heavy atom. The van der Waals surface area contributed by atoms with Crippen molar-refractivity contribution in [3.8, 4) is 0 Å². The molecule has 15 heavy (non-hydrogen) atoms. The maximum Gasteiger partial charge on any atom is 0.244 e. The van der Waals surface area contributed by atoms with Gasteiger partial charge < -0.3 is 4.53 Å². The Bertz CT molecular complexity index is 247. The molecule has 0 aliphatic heterocycles. The van der Waals surface area contributed by atoms with Gasteiger partial charge >= 0.3 is 0 Å². The molecule has 3 heteroatoms. The van der Waals surface area contributed by atoms with Crippen molar-refractivity contribution in [3.05, 3.63) is 30.3 Å². The van der Waals surface area contributed by atoms with Crippen molar-refractivity contribution in [2.75, 3.05) is 0 Å². The van der Waals surface area contributed by atoms with E-state index in [4.69, 9.17) is 10.4 Å². The lowest BCUT2D eigenvalue weighted by Crippen LogP contribution is -2.46. The van der Waals surface area contributed by atoms with Crippen LogP contribution in [0.15, 0.2) is 30.3 Å². The second kappa shape index (κ2) is 7.62. The predicted octanol–water partition coefficient (Wildman–Crippen LogP) is 2.80. The molecule has 1 aromatic rings. The second-order valence-corrected chi connectivity index (χ2v) is 7.83. The summed E-state index contributed by atoms with van der Waals surface area (Å²) in [5.41, 5.74) is 0. The first kappa shape index (κ1) is 14.4. The van der Waals surface area contributed by atoms with Gasteiger partial charge in [-0.25, -0.2) is 5.90 Å². The molecule has 0 fully saturated rings. The summed E-state index contributed by atoms with van der Waals surface area (Å²) in [7, 11) is -1.78. The smallest absolute Gasteiger partial charge is 0.244 e. The summed E-state index contributed by atoms with van der Waals surface area (Å²) in [6, 6.07) is 10.1. The van der Waals surface area contributed by atoms with Gasteiger partial charge in [-0.3, -0.25) is 0 Å². The molecule has 0 saturated carbocycles. The van der Waals surface area contributed by atoms with Crippen LogP contribution in [0.3, 0.4) is 0 Å². The van der Waals surface area contributed by atoms with Gasteiger partial charge in [0.1, 0.15) is 0 Å². The molecule has 1 aromatic carbocycles. The molecule has 0 aliphatic rings. The molecule has 1 rings (SSSR count). The minimum Gasteiger partial charge on any atom is -0.343 e. The van der Waals surface area contributed by atoms with E-state index >= 15 is 0 Å². The van der Waals surface area contributed by atoms with E-state index in [-0.39, 0.29) is 0 Å². The molecule has 0 aliphatic carbocycles. The molecule has 0 atom stereocenters. The molecule has 2 nitrogen and oxygen atoms in total. The van der Waals surface area contributed by atoms with Gasteiger partial charge in [0.15, 0.2) is 0 Å². The molecule has 0 spiro atoms. The maximum atomic E-state index is 5.20. The first-order valence-corrected chi connectivity index (χ1v) is 8.42.